The van der Waals surface area contributed by atoms with Gasteiger partial charge in [0.1, 0.15) is 0 Å². The van der Waals surface area contributed by atoms with Crippen molar-refractivity contribution < 1.29 is 37.0 Å². The Bertz CT molecular complexity index is 1040. The zero-order valence-corrected chi connectivity index (χ0v) is 16.3. The standard InChI is InChI=1S/C18H14F4N4O6/c1-9-7-11(25(29)30)3-5-13(9)23-15(27)17(19,20)18(21,22)16(28)24-14-6-4-12(26(31)32)8-10(14)2/h3-8H,1-2H3,(H,23,27)(H,24,28). The van der Waals surface area contributed by atoms with Gasteiger partial charge in [0.2, 0.25) is 0 Å². The molecule has 10 nitrogen and oxygen atoms in total. The molecule has 0 aliphatic rings. The minimum atomic E-state index is -5.51. The molecule has 0 aliphatic heterocycles. The number of benzene rings is 2. The van der Waals surface area contributed by atoms with Crippen LogP contribution < -0.4 is 10.6 Å². The van der Waals surface area contributed by atoms with Gasteiger partial charge in [0, 0.05) is 35.6 Å². The summed E-state index contributed by atoms with van der Waals surface area (Å²) in [6.45, 7) is 2.42. The maximum atomic E-state index is 14.2. The zero-order valence-electron chi connectivity index (χ0n) is 16.3. The number of carbonyl (C=O) groups excluding carboxylic acids is 2. The van der Waals surface area contributed by atoms with Crippen molar-refractivity contribution >= 4 is 34.6 Å². The van der Waals surface area contributed by atoms with Crippen molar-refractivity contribution in [1.82, 2.24) is 0 Å². The highest BCUT2D eigenvalue weighted by Crippen LogP contribution is 2.37. The van der Waals surface area contributed by atoms with Gasteiger partial charge in [-0.05, 0) is 37.1 Å². The molecule has 32 heavy (non-hydrogen) atoms. The van der Waals surface area contributed by atoms with Crippen LogP contribution in [0.2, 0.25) is 0 Å². The highest BCUT2D eigenvalue weighted by Gasteiger charge is 2.67. The molecular weight excluding hydrogens is 444 g/mol. The van der Waals surface area contributed by atoms with Crippen LogP contribution in [-0.4, -0.2) is 33.5 Å². The first-order valence-electron chi connectivity index (χ1n) is 8.57. The summed E-state index contributed by atoms with van der Waals surface area (Å²) in [6.07, 6.45) is 0. The molecule has 0 heterocycles. The zero-order chi connectivity index (χ0) is 24.4. The smallest absolute Gasteiger partial charge is 0.320 e. The first-order chi connectivity index (χ1) is 14.7. The number of carbonyl (C=O) groups is 2. The van der Waals surface area contributed by atoms with Crippen LogP contribution in [0, 0.1) is 34.1 Å². The van der Waals surface area contributed by atoms with E-state index >= 15 is 0 Å². The molecule has 0 aliphatic carbocycles. The van der Waals surface area contributed by atoms with Gasteiger partial charge >= 0.3 is 23.7 Å². The van der Waals surface area contributed by atoms with Gasteiger partial charge in [-0.2, -0.15) is 17.6 Å². The number of non-ortho nitro benzene ring substituents is 2. The van der Waals surface area contributed by atoms with Crippen LogP contribution in [0.3, 0.4) is 0 Å². The normalized spacial score (nSPS) is 11.6. The molecule has 0 spiro atoms. The molecule has 2 N–H and O–H groups in total. The number of halogens is 4. The average Bonchev–Trinajstić information content (AvgIpc) is 2.70. The van der Waals surface area contributed by atoms with E-state index in [9.17, 15) is 47.4 Å². The van der Waals surface area contributed by atoms with E-state index in [4.69, 9.17) is 0 Å². The topological polar surface area (TPSA) is 144 Å². The number of nitro groups is 2. The van der Waals surface area contributed by atoms with E-state index in [0.717, 1.165) is 36.4 Å². The molecule has 2 amide bonds. The summed E-state index contributed by atoms with van der Waals surface area (Å²) in [7, 11) is 0. The summed E-state index contributed by atoms with van der Waals surface area (Å²) in [4.78, 5) is 43.6. The summed E-state index contributed by atoms with van der Waals surface area (Å²) in [5.41, 5.74) is -1.76. The molecule has 0 saturated heterocycles. The van der Waals surface area contributed by atoms with Crippen molar-refractivity contribution in [1.29, 1.82) is 0 Å². The van der Waals surface area contributed by atoms with Crippen LogP contribution in [0.4, 0.5) is 40.3 Å². The number of hydrogen-bond acceptors (Lipinski definition) is 6. The largest absolute Gasteiger partial charge is 0.396 e. The predicted octanol–water partition coefficient (Wildman–Crippen LogP) is 3.97. The van der Waals surface area contributed by atoms with Gasteiger partial charge in [0.05, 0.1) is 9.85 Å². The van der Waals surface area contributed by atoms with Gasteiger partial charge in [0.15, 0.2) is 0 Å². The van der Waals surface area contributed by atoms with Crippen LogP contribution >= 0.6 is 0 Å². The fraction of sp³-hybridized carbons (Fsp3) is 0.222. The third kappa shape index (κ3) is 4.63. The van der Waals surface area contributed by atoms with Gasteiger partial charge in [-0.1, -0.05) is 0 Å². The molecular formula is C18H14F4N4O6. The predicted molar refractivity (Wildman–Crippen MR) is 103 cm³/mol. The first kappa shape index (κ1) is 24.2. The van der Waals surface area contributed by atoms with Crippen LogP contribution in [0.1, 0.15) is 11.1 Å². The molecule has 0 saturated carbocycles. The molecule has 14 heteroatoms. The van der Waals surface area contributed by atoms with Crippen molar-refractivity contribution in [2.24, 2.45) is 0 Å². The minimum absolute atomic E-state index is 0.0578. The number of anilines is 2. The molecule has 2 aromatic carbocycles. The van der Waals surface area contributed by atoms with E-state index in [1.165, 1.54) is 24.5 Å². The molecule has 2 rings (SSSR count). The fourth-order valence-electron chi connectivity index (χ4n) is 2.49. The van der Waals surface area contributed by atoms with E-state index in [2.05, 4.69) is 0 Å². The number of hydrogen-bond donors (Lipinski definition) is 2. The van der Waals surface area contributed by atoms with Crippen molar-refractivity contribution in [2.45, 2.75) is 25.7 Å². The van der Waals surface area contributed by atoms with E-state index in [1.807, 2.05) is 0 Å². The van der Waals surface area contributed by atoms with E-state index in [-0.39, 0.29) is 11.1 Å². The summed E-state index contributed by atoms with van der Waals surface area (Å²) in [5.74, 6) is -16.1. The monoisotopic (exact) mass is 458 g/mol. The lowest BCUT2D eigenvalue weighted by Crippen LogP contribution is -2.56. The number of nitro benzene ring substituents is 2. The second-order valence-corrected chi connectivity index (χ2v) is 6.57. The number of amides is 2. The van der Waals surface area contributed by atoms with Gasteiger partial charge < -0.3 is 10.6 Å². The Labute approximate surface area is 176 Å². The summed E-state index contributed by atoms with van der Waals surface area (Å²) in [6, 6.07) is 5.33. The number of nitrogens with zero attached hydrogens (tertiary/aromatic N) is 2. The van der Waals surface area contributed by atoms with E-state index in [1.54, 1.807) is 0 Å². The summed E-state index contributed by atoms with van der Waals surface area (Å²) < 4.78 is 56.9. The molecule has 0 unspecified atom stereocenters. The Hall–Kier alpha value is -4.10. The van der Waals surface area contributed by atoms with Gasteiger partial charge in [0.25, 0.3) is 11.4 Å². The third-order valence-electron chi connectivity index (χ3n) is 4.30. The quantitative estimate of drug-likeness (QED) is 0.365. The van der Waals surface area contributed by atoms with Gasteiger partial charge in [-0.25, -0.2) is 0 Å². The van der Waals surface area contributed by atoms with Gasteiger partial charge in [-0.3, -0.25) is 29.8 Å². The average molecular weight is 458 g/mol. The molecule has 170 valence electrons. The van der Waals surface area contributed by atoms with Crippen LogP contribution in [-0.2, 0) is 9.59 Å². The molecule has 0 fully saturated rings. The SMILES string of the molecule is Cc1cc([N+](=O)[O-])ccc1NC(=O)C(F)(F)C(F)(F)C(=O)Nc1ccc([N+](=O)[O-])cc1C. The molecule has 0 bridgehead atoms. The van der Waals surface area contributed by atoms with E-state index in [0.29, 0.717) is 0 Å². The summed E-state index contributed by atoms with van der Waals surface area (Å²) in [5, 5.41) is 24.5. The minimum Gasteiger partial charge on any atom is -0.320 e. The number of nitrogens with one attached hydrogen (secondary N) is 2. The second-order valence-electron chi connectivity index (χ2n) is 6.57. The molecule has 0 radical (unpaired) electrons. The molecule has 2 aromatic rings. The van der Waals surface area contributed by atoms with Crippen molar-refractivity contribution in [3.63, 3.8) is 0 Å². The lowest BCUT2D eigenvalue weighted by Gasteiger charge is -2.25. The van der Waals surface area contributed by atoms with Crippen LogP contribution in [0.25, 0.3) is 0 Å². The summed E-state index contributed by atoms with van der Waals surface area (Å²) >= 11 is 0. The third-order valence-corrected chi connectivity index (χ3v) is 4.30. The Morgan fingerprint density at radius 2 is 1.06 bits per heavy atom. The van der Waals surface area contributed by atoms with Crippen molar-refractivity contribution in [3.05, 3.63) is 67.8 Å². The fourth-order valence-corrected chi connectivity index (χ4v) is 2.49. The van der Waals surface area contributed by atoms with Gasteiger partial charge in [-0.15, -0.1) is 0 Å². The van der Waals surface area contributed by atoms with Crippen molar-refractivity contribution in [2.75, 3.05) is 10.6 Å². The maximum Gasteiger partial charge on any atom is 0.396 e. The Balaban J connectivity index is 2.23. The first-order valence-corrected chi connectivity index (χ1v) is 8.57. The maximum absolute atomic E-state index is 14.2. The number of rotatable bonds is 7. The lowest BCUT2D eigenvalue weighted by atomic mass is 10.1. The second kappa shape index (κ2) is 8.56. The lowest BCUT2D eigenvalue weighted by molar-refractivity contribution is -0.385. The number of aryl methyl sites for hydroxylation is 2. The Morgan fingerprint density at radius 1 is 0.750 bits per heavy atom. The van der Waals surface area contributed by atoms with Crippen molar-refractivity contribution in [3.8, 4) is 0 Å². The van der Waals surface area contributed by atoms with E-state index < -0.39 is 56.3 Å². The molecule has 0 aromatic heterocycles. The number of alkyl halides is 4. The Kier molecular flexibility index (Phi) is 6.47. The Morgan fingerprint density at radius 3 is 1.31 bits per heavy atom. The van der Waals surface area contributed by atoms with Crippen LogP contribution in [0.5, 0.6) is 0 Å². The highest BCUT2D eigenvalue weighted by atomic mass is 19.3. The van der Waals surface area contributed by atoms with Crippen LogP contribution in [0.15, 0.2) is 36.4 Å². The highest BCUT2D eigenvalue weighted by molar-refractivity contribution is 6.06. The molecule has 0 atom stereocenters.